The molecule has 0 aromatic heterocycles. The molecule has 0 spiro atoms. The minimum absolute atomic E-state index is 0.127. The summed E-state index contributed by atoms with van der Waals surface area (Å²) in [6.45, 7) is 4.98. The van der Waals surface area contributed by atoms with Crippen LogP contribution in [0.25, 0.3) is 0 Å². The maximum atomic E-state index is 12.0. The summed E-state index contributed by atoms with van der Waals surface area (Å²) >= 11 is 0. The molecule has 7 nitrogen and oxygen atoms in total. The highest BCUT2D eigenvalue weighted by Gasteiger charge is 2.27. The number of hydrogen-bond acceptors (Lipinski definition) is 3. The van der Waals surface area contributed by atoms with Crippen molar-refractivity contribution in [3.8, 4) is 0 Å². The smallest absolute Gasteiger partial charge is 0.317 e. The Kier molecular flexibility index (Phi) is 6.45. The normalized spacial score (nSPS) is 17.6. The lowest BCUT2D eigenvalue weighted by Gasteiger charge is -2.31. The van der Waals surface area contributed by atoms with Crippen molar-refractivity contribution in [1.29, 1.82) is 0 Å². The molecule has 1 rings (SSSR count). The standard InChI is InChI=1S/C14H25N3O4/c1-9(2)7-11(13(19)20)8-16-14(21)17-5-3-10(4-6-17)12(15)18/h9-11H,3-8H2,1-2H3,(H2,15,18)(H,16,21)(H,19,20). The minimum atomic E-state index is -0.892. The van der Waals surface area contributed by atoms with Crippen LogP contribution in [-0.4, -0.2) is 47.5 Å². The van der Waals surface area contributed by atoms with Gasteiger partial charge in [0.2, 0.25) is 5.91 Å². The summed E-state index contributed by atoms with van der Waals surface area (Å²) in [7, 11) is 0. The number of carbonyl (C=O) groups excluding carboxylic acids is 2. The predicted octanol–water partition coefficient (Wildman–Crippen LogP) is 0.640. The quantitative estimate of drug-likeness (QED) is 0.668. The molecule has 0 saturated carbocycles. The Morgan fingerprint density at radius 2 is 1.86 bits per heavy atom. The fourth-order valence-corrected chi connectivity index (χ4v) is 2.53. The summed E-state index contributed by atoms with van der Waals surface area (Å²) in [6.07, 6.45) is 1.66. The summed E-state index contributed by atoms with van der Waals surface area (Å²) in [4.78, 5) is 35.8. The van der Waals surface area contributed by atoms with Crippen molar-refractivity contribution < 1.29 is 19.5 Å². The second kappa shape index (κ2) is 7.85. The van der Waals surface area contributed by atoms with Gasteiger partial charge < -0.3 is 21.1 Å². The van der Waals surface area contributed by atoms with Crippen molar-refractivity contribution in [2.75, 3.05) is 19.6 Å². The van der Waals surface area contributed by atoms with Crippen molar-refractivity contribution in [1.82, 2.24) is 10.2 Å². The van der Waals surface area contributed by atoms with Crippen LogP contribution in [0.15, 0.2) is 0 Å². The van der Waals surface area contributed by atoms with E-state index in [4.69, 9.17) is 10.8 Å². The van der Waals surface area contributed by atoms with E-state index < -0.39 is 11.9 Å². The zero-order valence-electron chi connectivity index (χ0n) is 12.7. The molecule has 1 unspecified atom stereocenters. The molecule has 3 amide bonds. The van der Waals surface area contributed by atoms with Crippen LogP contribution < -0.4 is 11.1 Å². The van der Waals surface area contributed by atoms with E-state index in [1.165, 1.54) is 0 Å². The summed E-state index contributed by atoms with van der Waals surface area (Å²) in [5.74, 6) is -1.69. The number of hydrogen-bond donors (Lipinski definition) is 3. The van der Waals surface area contributed by atoms with Crippen LogP contribution >= 0.6 is 0 Å². The Bertz CT molecular complexity index is 390. The predicted molar refractivity (Wildman–Crippen MR) is 77.5 cm³/mol. The van der Waals surface area contributed by atoms with E-state index in [0.717, 1.165) is 0 Å². The molecule has 0 aromatic rings. The molecular formula is C14H25N3O4. The second-order valence-corrected chi connectivity index (χ2v) is 6.01. The Hall–Kier alpha value is -1.79. The number of amides is 3. The van der Waals surface area contributed by atoms with Crippen LogP contribution in [-0.2, 0) is 9.59 Å². The highest BCUT2D eigenvalue weighted by atomic mass is 16.4. The Morgan fingerprint density at radius 1 is 1.29 bits per heavy atom. The third-order valence-electron chi connectivity index (χ3n) is 3.79. The number of likely N-dealkylation sites (tertiary alicyclic amines) is 1. The molecule has 4 N–H and O–H groups in total. The zero-order valence-corrected chi connectivity index (χ0v) is 12.7. The van der Waals surface area contributed by atoms with E-state index in [0.29, 0.717) is 32.4 Å². The lowest BCUT2D eigenvalue weighted by molar-refractivity contribution is -0.142. The summed E-state index contributed by atoms with van der Waals surface area (Å²) in [5, 5.41) is 11.8. The fourth-order valence-electron chi connectivity index (χ4n) is 2.53. The van der Waals surface area contributed by atoms with Gasteiger partial charge in [-0.3, -0.25) is 9.59 Å². The van der Waals surface area contributed by atoms with Crippen LogP contribution in [0.4, 0.5) is 4.79 Å². The first-order chi connectivity index (χ1) is 9.81. The minimum Gasteiger partial charge on any atom is -0.481 e. The van der Waals surface area contributed by atoms with Crippen LogP contribution in [0.1, 0.15) is 33.1 Å². The molecule has 0 radical (unpaired) electrons. The Balaban J connectivity index is 2.39. The van der Waals surface area contributed by atoms with E-state index in [2.05, 4.69) is 5.32 Å². The number of rotatable bonds is 6. The lowest BCUT2D eigenvalue weighted by atomic mass is 9.96. The Morgan fingerprint density at radius 3 is 2.29 bits per heavy atom. The second-order valence-electron chi connectivity index (χ2n) is 6.01. The molecule has 7 heteroatoms. The number of carbonyl (C=O) groups is 3. The lowest BCUT2D eigenvalue weighted by Crippen LogP contribution is -2.47. The average Bonchev–Trinajstić information content (AvgIpc) is 2.42. The Labute approximate surface area is 124 Å². The van der Waals surface area contributed by atoms with Crippen LogP contribution in [0.5, 0.6) is 0 Å². The van der Waals surface area contributed by atoms with Gasteiger partial charge in [-0.25, -0.2) is 4.79 Å². The number of nitrogens with one attached hydrogen (secondary N) is 1. The summed E-state index contributed by atoms with van der Waals surface area (Å²) < 4.78 is 0. The van der Waals surface area contributed by atoms with Crippen molar-refractivity contribution in [2.45, 2.75) is 33.1 Å². The van der Waals surface area contributed by atoms with Gasteiger partial charge in [-0.15, -0.1) is 0 Å². The maximum absolute atomic E-state index is 12.0. The molecule has 21 heavy (non-hydrogen) atoms. The van der Waals surface area contributed by atoms with Crippen molar-refractivity contribution in [3.05, 3.63) is 0 Å². The molecule has 1 aliphatic heterocycles. The van der Waals surface area contributed by atoms with E-state index in [1.807, 2.05) is 13.8 Å². The summed E-state index contributed by atoms with van der Waals surface area (Å²) in [6, 6.07) is -0.270. The first-order valence-electron chi connectivity index (χ1n) is 7.36. The largest absolute Gasteiger partial charge is 0.481 e. The molecule has 0 aliphatic carbocycles. The summed E-state index contributed by atoms with van der Waals surface area (Å²) in [5.41, 5.74) is 5.24. The highest BCUT2D eigenvalue weighted by Crippen LogP contribution is 2.17. The van der Waals surface area contributed by atoms with Gasteiger partial charge in [-0.1, -0.05) is 13.8 Å². The first kappa shape index (κ1) is 17.3. The molecule has 0 bridgehead atoms. The van der Waals surface area contributed by atoms with Crippen LogP contribution in [0.3, 0.4) is 0 Å². The molecule has 1 fully saturated rings. The number of nitrogens with zero attached hydrogens (tertiary/aromatic N) is 1. The van der Waals surface area contributed by atoms with E-state index in [9.17, 15) is 14.4 Å². The molecule has 120 valence electrons. The number of carboxylic acid groups (broad SMARTS) is 1. The first-order valence-corrected chi connectivity index (χ1v) is 7.36. The van der Waals surface area contributed by atoms with Gasteiger partial charge in [0.1, 0.15) is 0 Å². The van der Waals surface area contributed by atoms with E-state index in [-0.39, 0.29) is 30.3 Å². The molecular weight excluding hydrogens is 274 g/mol. The van der Waals surface area contributed by atoms with Gasteiger partial charge >= 0.3 is 12.0 Å². The number of nitrogens with two attached hydrogens (primary N) is 1. The van der Waals surface area contributed by atoms with E-state index in [1.54, 1.807) is 4.90 Å². The maximum Gasteiger partial charge on any atom is 0.317 e. The molecule has 0 aromatic carbocycles. The van der Waals surface area contributed by atoms with Crippen molar-refractivity contribution >= 4 is 17.9 Å². The molecule has 1 saturated heterocycles. The third-order valence-corrected chi connectivity index (χ3v) is 3.79. The van der Waals surface area contributed by atoms with Gasteiger partial charge in [-0.2, -0.15) is 0 Å². The van der Waals surface area contributed by atoms with Crippen molar-refractivity contribution in [2.24, 2.45) is 23.5 Å². The fraction of sp³-hybridized carbons (Fsp3) is 0.786. The number of carboxylic acids is 1. The third kappa shape index (κ3) is 5.61. The number of piperidine rings is 1. The highest BCUT2D eigenvalue weighted by molar-refractivity contribution is 5.78. The molecule has 1 atom stereocenters. The number of aliphatic carboxylic acids is 1. The van der Waals surface area contributed by atoms with Gasteiger partial charge in [0.05, 0.1) is 5.92 Å². The van der Waals surface area contributed by atoms with Gasteiger partial charge in [0.15, 0.2) is 0 Å². The average molecular weight is 299 g/mol. The van der Waals surface area contributed by atoms with Crippen molar-refractivity contribution in [3.63, 3.8) is 0 Å². The monoisotopic (exact) mass is 299 g/mol. The van der Waals surface area contributed by atoms with Gasteiger partial charge in [0.25, 0.3) is 0 Å². The number of primary amides is 1. The number of urea groups is 1. The van der Waals surface area contributed by atoms with Gasteiger partial charge in [0, 0.05) is 25.6 Å². The topological polar surface area (TPSA) is 113 Å². The van der Waals surface area contributed by atoms with E-state index >= 15 is 0 Å². The van der Waals surface area contributed by atoms with Crippen LogP contribution in [0, 0.1) is 17.8 Å². The molecule has 1 heterocycles. The molecule has 1 aliphatic rings. The SMILES string of the molecule is CC(C)CC(CNC(=O)N1CCC(C(N)=O)CC1)C(=O)O. The van der Waals surface area contributed by atoms with Crippen LogP contribution in [0.2, 0.25) is 0 Å². The van der Waals surface area contributed by atoms with Gasteiger partial charge in [-0.05, 0) is 25.2 Å². The zero-order chi connectivity index (χ0) is 16.0.